The number of aryl methyl sites for hydroxylation is 1. The second-order valence-corrected chi connectivity index (χ2v) is 11.2. The summed E-state index contributed by atoms with van der Waals surface area (Å²) in [6, 6.07) is 20.2. The number of fused-ring (bicyclic) bond motifs is 1. The van der Waals surface area contributed by atoms with Gasteiger partial charge in [0.1, 0.15) is 0 Å². The van der Waals surface area contributed by atoms with Gasteiger partial charge in [0, 0.05) is 18.2 Å². The van der Waals surface area contributed by atoms with Crippen molar-refractivity contribution >= 4 is 32.7 Å². The van der Waals surface area contributed by atoms with Crippen LogP contribution in [0.1, 0.15) is 24.0 Å². The number of hydrogen-bond acceptors (Lipinski definition) is 4. The van der Waals surface area contributed by atoms with Crippen molar-refractivity contribution in [3.8, 4) is 0 Å². The number of carbonyl (C=O) groups excluding carboxylic acids is 1. The summed E-state index contributed by atoms with van der Waals surface area (Å²) in [6.45, 7) is 0.670. The monoisotopic (exact) mass is 442 g/mol. The quantitative estimate of drug-likeness (QED) is 0.658. The normalized spacial score (nSPS) is 23.6. The lowest BCUT2D eigenvalue weighted by atomic mass is 10.1. The van der Waals surface area contributed by atoms with Crippen molar-refractivity contribution in [3.63, 3.8) is 0 Å². The first-order chi connectivity index (χ1) is 14.5. The molecule has 0 aromatic heterocycles. The van der Waals surface area contributed by atoms with E-state index in [-0.39, 0.29) is 28.7 Å². The van der Waals surface area contributed by atoms with Gasteiger partial charge in [-0.25, -0.2) is 8.42 Å². The van der Waals surface area contributed by atoms with Gasteiger partial charge >= 0.3 is 0 Å². The van der Waals surface area contributed by atoms with Gasteiger partial charge in [0.05, 0.1) is 17.5 Å². The van der Waals surface area contributed by atoms with Gasteiger partial charge in [-0.15, -0.1) is 0 Å². The van der Waals surface area contributed by atoms with E-state index in [4.69, 9.17) is 0 Å². The van der Waals surface area contributed by atoms with E-state index >= 15 is 0 Å². The van der Waals surface area contributed by atoms with E-state index in [1.807, 2.05) is 36.4 Å². The standard InChI is InChI=1S/C23H26N2O3S2/c26-22(13-7-12-18-8-3-1-4-9-18)24-23-25(15-14-19-10-5-2-6-11-19)20-16-30(27,28)17-21(20)29-23/h1-6,8-11,20-21H,7,12-17H2/t20-,21+/m1/s1. The Bertz CT molecular complexity index is 1010. The van der Waals surface area contributed by atoms with Gasteiger partial charge in [0.2, 0.25) is 5.91 Å². The molecule has 5 nitrogen and oxygen atoms in total. The van der Waals surface area contributed by atoms with Crippen molar-refractivity contribution in [2.45, 2.75) is 37.0 Å². The van der Waals surface area contributed by atoms with E-state index in [0.717, 1.165) is 19.3 Å². The zero-order valence-electron chi connectivity index (χ0n) is 16.8. The highest BCUT2D eigenvalue weighted by atomic mass is 32.2. The molecular formula is C23H26N2O3S2. The first kappa shape index (κ1) is 21.1. The lowest BCUT2D eigenvalue weighted by molar-refractivity contribution is -0.117. The number of aliphatic imine (C=N–C) groups is 1. The van der Waals surface area contributed by atoms with Crippen LogP contribution in [-0.2, 0) is 27.5 Å². The van der Waals surface area contributed by atoms with Gasteiger partial charge in [-0.1, -0.05) is 72.4 Å². The van der Waals surface area contributed by atoms with E-state index in [9.17, 15) is 13.2 Å². The van der Waals surface area contributed by atoms with Crippen LogP contribution in [0, 0.1) is 0 Å². The lowest BCUT2D eigenvalue weighted by Gasteiger charge is -2.24. The summed E-state index contributed by atoms with van der Waals surface area (Å²) in [5.41, 5.74) is 2.41. The van der Waals surface area contributed by atoms with Gasteiger partial charge in [0.25, 0.3) is 0 Å². The fourth-order valence-corrected chi connectivity index (χ4v) is 8.04. The number of rotatable bonds is 7. The predicted octanol–water partition coefficient (Wildman–Crippen LogP) is 3.35. The molecule has 30 heavy (non-hydrogen) atoms. The second kappa shape index (κ2) is 9.35. The number of amides is 1. The maximum atomic E-state index is 12.5. The third-order valence-electron chi connectivity index (χ3n) is 5.58. The minimum absolute atomic E-state index is 0.0263. The maximum Gasteiger partial charge on any atom is 0.248 e. The van der Waals surface area contributed by atoms with Crippen LogP contribution < -0.4 is 0 Å². The van der Waals surface area contributed by atoms with Crippen LogP contribution in [0.4, 0.5) is 0 Å². The highest BCUT2D eigenvalue weighted by Crippen LogP contribution is 2.38. The molecule has 0 radical (unpaired) electrons. The van der Waals surface area contributed by atoms with Crippen LogP contribution in [-0.4, -0.2) is 53.7 Å². The Labute approximate surface area is 182 Å². The average molecular weight is 443 g/mol. The summed E-state index contributed by atoms with van der Waals surface area (Å²) in [4.78, 5) is 19.0. The van der Waals surface area contributed by atoms with Gasteiger partial charge in [-0.3, -0.25) is 4.79 Å². The van der Waals surface area contributed by atoms with Crippen LogP contribution >= 0.6 is 11.8 Å². The van der Waals surface area contributed by atoms with Crippen LogP contribution in [0.5, 0.6) is 0 Å². The Morgan fingerprint density at radius 2 is 1.60 bits per heavy atom. The molecule has 2 aromatic rings. The maximum absolute atomic E-state index is 12.5. The molecule has 2 atom stereocenters. The average Bonchev–Trinajstić information content (AvgIpc) is 3.19. The predicted molar refractivity (Wildman–Crippen MR) is 122 cm³/mol. The Balaban J connectivity index is 1.41. The summed E-state index contributed by atoms with van der Waals surface area (Å²) in [5, 5.41) is 0.669. The topological polar surface area (TPSA) is 66.8 Å². The molecule has 1 amide bonds. The SMILES string of the molecule is O=C(CCCc1ccccc1)N=C1S[C@H]2CS(=O)(=O)C[C@H]2N1CCc1ccccc1. The first-order valence-corrected chi connectivity index (χ1v) is 13.0. The van der Waals surface area contributed by atoms with Gasteiger partial charge in [-0.2, -0.15) is 4.99 Å². The summed E-state index contributed by atoms with van der Waals surface area (Å²) in [7, 11) is -3.02. The summed E-state index contributed by atoms with van der Waals surface area (Å²) in [6.07, 6.45) is 2.81. The molecule has 158 valence electrons. The molecule has 0 N–H and O–H groups in total. The van der Waals surface area contributed by atoms with E-state index in [0.29, 0.717) is 18.1 Å². The second-order valence-electron chi connectivity index (χ2n) is 7.86. The van der Waals surface area contributed by atoms with Crippen LogP contribution in [0.25, 0.3) is 0 Å². The van der Waals surface area contributed by atoms with E-state index in [1.165, 1.54) is 22.9 Å². The van der Waals surface area contributed by atoms with Gasteiger partial charge < -0.3 is 4.90 Å². The van der Waals surface area contributed by atoms with Crippen LogP contribution in [0.15, 0.2) is 65.7 Å². The fraction of sp³-hybridized carbons (Fsp3) is 0.391. The highest BCUT2D eigenvalue weighted by molar-refractivity contribution is 8.15. The minimum Gasteiger partial charge on any atom is -0.346 e. The largest absolute Gasteiger partial charge is 0.346 e. The van der Waals surface area contributed by atoms with Crippen molar-refractivity contribution in [2.75, 3.05) is 18.1 Å². The van der Waals surface area contributed by atoms with Crippen molar-refractivity contribution < 1.29 is 13.2 Å². The Kier molecular flexibility index (Phi) is 6.58. The minimum atomic E-state index is -3.02. The van der Waals surface area contributed by atoms with Crippen molar-refractivity contribution in [1.29, 1.82) is 0 Å². The zero-order chi connectivity index (χ0) is 21.0. The molecule has 2 aliphatic rings. The van der Waals surface area contributed by atoms with E-state index in [2.05, 4.69) is 34.2 Å². The van der Waals surface area contributed by atoms with Crippen molar-refractivity contribution in [2.24, 2.45) is 4.99 Å². The number of sulfone groups is 1. The number of nitrogens with zero attached hydrogens (tertiary/aromatic N) is 2. The summed E-state index contributed by atoms with van der Waals surface area (Å²) in [5.74, 6) is 0.201. The van der Waals surface area contributed by atoms with Crippen molar-refractivity contribution in [3.05, 3.63) is 71.8 Å². The Morgan fingerprint density at radius 3 is 2.27 bits per heavy atom. The van der Waals surface area contributed by atoms with Crippen LogP contribution in [0.2, 0.25) is 0 Å². The molecule has 7 heteroatoms. The molecule has 2 aliphatic heterocycles. The van der Waals surface area contributed by atoms with E-state index in [1.54, 1.807) is 0 Å². The smallest absolute Gasteiger partial charge is 0.248 e. The zero-order valence-corrected chi connectivity index (χ0v) is 18.4. The summed E-state index contributed by atoms with van der Waals surface area (Å²) < 4.78 is 24.2. The molecule has 2 saturated heterocycles. The van der Waals surface area contributed by atoms with E-state index < -0.39 is 9.84 Å². The Hall–Kier alpha value is -2.12. The molecule has 2 heterocycles. The molecule has 2 fully saturated rings. The fourth-order valence-electron chi connectivity index (χ4n) is 4.04. The molecule has 0 saturated carbocycles. The molecule has 2 aromatic carbocycles. The Morgan fingerprint density at radius 1 is 0.967 bits per heavy atom. The van der Waals surface area contributed by atoms with Gasteiger partial charge in [0.15, 0.2) is 15.0 Å². The number of amidine groups is 1. The lowest BCUT2D eigenvalue weighted by Crippen LogP contribution is -2.39. The third-order valence-corrected chi connectivity index (χ3v) is 8.83. The molecule has 0 spiro atoms. The van der Waals surface area contributed by atoms with Gasteiger partial charge in [-0.05, 0) is 30.4 Å². The van der Waals surface area contributed by atoms with Crippen molar-refractivity contribution in [1.82, 2.24) is 4.90 Å². The first-order valence-electron chi connectivity index (χ1n) is 10.3. The highest BCUT2D eigenvalue weighted by Gasteiger charge is 2.48. The number of thioether (sulfide) groups is 1. The summed E-state index contributed by atoms with van der Waals surface area (Å²) >= 11 is 1.46. The molecule has 0 aliphatic carbocycles. The van der Waals surface area contributed by atoms with Crippen LogP contribution in [0.3, 0.4) is 0 Å². The third kappa shape index (κ3) is 5.32. The molecule has 0 unspecified atom stereocenters. The molecule has 4 rings (SSSR count). The molecule has 0 bridgehead atoms. The number of carbonyl (C=O) groups is 1. The number of benzene rings is 2. The number of hydrogen-bond donors (Lipinski definition) is 0. The molecular weight excluding hydrogens is 416 g/mol.